The van der Waals surface area contributed by atoms with Gasteiger partial charge in [0.15, 0.2) is 17.9 Å². The van der Waals surface area contributed by atoms with E-state index in [2.05, 4.69) is 21.3 Å². The first-order valence-corrected chi connectivity index (χ1v) is 16.4. The molecule has 19 nitrogen and oxygen atoms in total. The van der Waals surface area contributed by atoms with Gasteiger partial charge in [0.25, 0.3) is 5.91 Å². The summed E-state index contributed by atoms with van der Waals surface area (Å²) in [6.07, 6.45) is -4.77. The van der Waals surface area contributed by atoms with Crippen molar-refractivity contribution in [2.24, 2.45) is 22.9 Å². The van der Waals surface area contributed by atoms with Gasteiger partial charge in [-0.25, -0.2) is 0 Å². The molecule has 48 heavy (non-hydrogen) atoms. The minimum Gasteiger partial charge on any atom is -0.467 e. The summed E-state index contributed by atoms with van der Waals surface area (Å²) < 4.78 is 24.0. The van der Waals surface area contributed by atoms with Gasteiger partial charge in [-0.3, -0.25) is 10.2 Å². The van der Waals surface area contributed by atoms with E-state index in [-0.39, 0.29) is 19.4 Å². The van der Waals surface area contributed by atoms with Crippen molar-refractivity contribution in [3.8, 4) is 0 Å². The Hall–Kier alpha value is -2.24. The second-order valence-electron chi connectivity index (χ2n) is 13.5. The lowest BCUT2D eigenvalue weighted by atomic mass is 9.83. The van der Waals surface area contributed by atoms with Crippen molar-refractivity contribution in [1.29, 1.82) is 5.41 Å². The smallest absolute Gasteiger partial charge is 0.254 e. The zero-order valence-electron chi connectivity index (χ0n) is 27.5. The number of aliphatic hydroxyl groups is 5. The molecule has 2 saturated carbocycles. The minimum absolute atomic E-state index is 0.00189. The molecule has 0 aromatic rings. The number of nitrogens with one attached hydrogen (secondary N) is 5. The standard InChI is InChI=1S/C29H55N9O10/c1-28(43)12-45-25(20(41)23(28)35-2)48-22-17(37-26(42)29(44)9-18(29)38-27(33)34)8-16(32)21(19(22)40)47-24-15(31)6-5-14(46-24)11-36-10-13(39)4-3-7-30/h5,13,15-25,35-36,39-41,43-44H,3-4,6-12,30-32H2,1-2H3,(H,37,42)(H4,33,34,38)/t13?,15-,16+,17-,18?,19+,20-,21?,22+,23-,24-,25-,28+,29?/m1/s1. The highest BCUT2D eigenvalue weighted by atomic mass is 16.7. The van der Waals surface area contributed by atoms with Gasteiger partial charge in [-0.2, -0.15) is 0 Å². The van der Waals surface area contributed by atoms with Crippen LogP contribution in [0.2, 0.25) is 0 Å². The monoisotopic (exact) mass is 689 g/mol. The zero-order chi connectivity index (χ0) is 35.4. The van der Waals surface area contributed by atoms with Crippen LogP contribution < -0.4 is 44.2 Å². The van der Waals surface area contributed by atoms with E-state index in [0.717, 1.165) is 0 Å². The van der Waals surface area contributed by atoms with Gasteiger partial charge in [0.1, 0.15) is 35.8 Å². The van der Waals surface area contributed by atoms with E-state index in [9.17, 15) is 30.3 Å². The molecule has 1 saturated heterocycles. The van der Waals surface area contributed by atoms with Crippen LogP contribution in [0.25, 0.3) is 0 Å². The Morgan fingerprint density at radius 2 is 1.85 bits per heavy atom. The first kappa shape index (κ1) is 38.6. The van der Waals surface area contributed by atoms with E-state index in [1.54, 1.807) is 7.05 Å². The lowest BCUT2D eigenvalue weighted by Crippen LogP contribution is -2.69. The highest BCUT2D eigenvalue weighted by Crippen LogP contribution is 2.37. The number of ether oxygens (including phenoxy) is 4. The van der Waals surface area contributed by atoms with Crippen LogP contribution in [0.15, 0.2) is 11.8 Å². The molecule has 4 aliphatic rings. The first-order chi connectivity index (χ1) is 22.6. The SMILES string of the molecule is CN[C@@H]1[C@@H](O)[C@@H](O[C@H]2[C@H](NC(=O)C3(O)CC3NC(=N)N)C[C@H](N)C(O[C@H]3OC(CNCC(O)CCCN)=CC[C@H]3N)[C@@H]2O)OC[C@]1(C)O. The molecular formula is C29H55N9O10. The predicted molar refractivity (Wildman–Crippen MR) is 171 cm³/mol. The predicted octanol–water partition coefficient (Wildman–Crippen LogP) is -5.98. The van der Waals surface area contributed by atoms with E-state index in [4.69, 9.17) is 47.3 Å². The fourth-order valence-electron chi connectivity index (χ4n) is 6.49. The summed E-state index contributed by atoms with van der Waals surface area (Å²) in [5, 5.41) is 73.0. The average Bonchev–Trinajstić information content (AvgIpc) is 3.67. The summed E-state index contributed by atoms with van der Waals surface area (Å²) in [7, 11) is 1.56. The Balaban J connectivity index is 1.47. The Bertz CT molecular complexity index is 1140. The van der Waals surface area contributed by atoms with Crippen molar-refractivity contribution >= 4 is 11.9 Å². The molecule has 0 spiro atoms. The van der Waals surface area contributed by atoms with Gasteiger partial charge in [0, 0.05) is 19.0 Å². The molecule has 4 rings (SSSR count). The third kappa shape index (κ3) is 9.10. The molecule has 1 amide bonds. The largest absolute Gasteiger partial charge is 0.467 e. The zero-order valence-corrected chi connectivity index (χ0v) is 27.5. The molecular weight excluding hydrogens is 634 g/mol. The third-order valence-corrected chi connectivity index (χ3v) is 9.37. The molecule has 276 valence electrons. The molecule has 14 atom stereocenters. The summed E-state index contributed by atoms with van der Waals surface area (Å²) in [6, 6.07) is -4.14. The molecule has 2 aliphatic heterocycles. The van der Waals surface area contributed by atoms with Crippen LogP contribution in [0.4, 0.5) is 0 Å². The average molecular weight is 690 g/mol. The number of hydrogen-bond donors (Lipinski definition) is 14. The van der Waals surface area contributed by atoms with Crippen LogP contribution >= 0.6 is 0 Å². The topological polar surface area (TPSA) is 331 Å². The summed E-state index contributed by atoms with van der Waals surface area (Å²) in [4.78, 5) is 13.2. The molecule has 19 heteroatoms. The van der Waals surface area contributed by atoms with Crippen molar-refractivity contribution in [3.05, 3.63) is 11.8 Å². The number of amides is 1. The number of carbonyl (C=O) groups is 1. The van der Waals surface area contributed by atoms with Crippen LogP contribution in [-0.2, 0) is 23.7 Å². The van der Waals surface area contributed by atoms with Crippen LogP contribution in [-0.4, -0.2) is 155 Å². The van der Waals surface area contributed by atoms with Gasteiger partial charge in [0.2, 0.25) is 6.29 Å². The summed E-state index contributed by atoms with van der Waals surface area (Å²) in [6.45, 7) is 2.39. The number of guanidine groups is 1. The van der Waals surface area contributed by atoms with E-state index < -0.39 is 96.4 Å². The fourth-order valence-corrected chi connectivity index (χ4v) is 6.49. The number of hydrogen-bond acceptors (Lipinski definition) is 16. The normalized spacial score (nSPS) is 41.9. The van der Waals surface area contributed by atoms with Gasteiger partial charge < -0.3 is 88.7 Å². The number of aliphatic hydroxyl groups excluding tert-OH is 3. The molecule has 2 aliphatic carbocycles. The van der Waals surface area contributed by atoms with E-state index in [1.165, 1.54) is 6.92 Å². The maximum absolute atomic E-state index is 13.2. The van der Waals surface area contributed by atoms with Crippen LogP contribution in [0.5, 0.6) is 0 Å². The molecule has 0 radical (unpaired) electrons. The minimum atomic E-state index is -1.87. The van der Waals surface area contributed by atoms with Gasteiger partial charge >= 0.3 is 0 Å². The molecule has 3 fully saturated rings. The molecule has 0 aromatic carbocycles. The number of rotatable bonds is 15. The summed E-state index contributed by atoms with van der Waals surface area (Å²) >= 11 is 0. The first-order valence-electron chi connectivity index (χ1n) is 16.4. The quantitative estimate of drug-likeness (QED) is 0.0562. The maximum Gasteiger partial charge on any atom is 0.254 e. The van der Waals surface area contributed by atoms with Crippen LogP contribution in [0.3, 0.4) is 0 Å². The second kappa shape index (κ2) is 16.2. The van der Waals surface area contributed by atoms with E-state index in [1.807, 2.05) is 6.08 Å². The molecule has 2 heterocycles. The van der Waals surface area contributed by atoms with Crippen molar-refractivity contribution in [2.45, 2.75) is 124 Å². The number of nitrogens with two attached hydrogens (primary N) is 4. The summed E-state index contributed by atoms with van der Waals surface area (Å²) in [5.41, 5.74) is 20.4. The fraction of sp³-hybridized carbons (Fsp3) is 0.862. The number of likely N-dealkylation sites (N-methyl/N-ethyl adjacent to an activating group) is 1. The van der Waals surface area contributed by atoms with Crippen LogP contribution in [0.1, 0.15) is 39.0 Å². The molecule has 0 bridgehead atoms. The van der Waals surface area contributed by atoms with Crippen molar-refractivity contribution < 1.29 is 49.3 Å². The molecule has 18 N–H and O–H groups in total. The molecule has 4 unspecified atom stereocenters. The Kier molecular flexibility index (Phi) is 13.0. The van der Waals surface area contributed by atoms with E-state index in [0.29, 0.717) is 44.7 Å². The van der Waals surface area contributed by atoms with E-state index >= 15 is 0 Å². The van der Waals surface area contributed by atoms with Crippen molar-refractivity contribution in [1.82, 2.24) is 21.3 Å². The lowest BCUT2D eigenvalue weighted by molar-refractivity contribution is -0.304. The van der Waals surface area contributed by atoms with Gasteiger partial charge in [-0.15, -0.1) is 0 Å². The molecule has 0 aromatic heterocycles. The highest BCUT2D eigenvalue weighted by Gasteiger charge is 2.61. The van der Waals surface area contributed by atoms with Crippen molar-refractivity contribution in [3.63, 3.8) is 0 Å². The Labute approximate surface area is 279 Å². The van der Waals surface area contributed by atoms with Gasteiger partial charge in [-0.05, 0) is 52.3 Å². The van der Waals surface area contributed by atoms with Crippen molar-refractivity contribution in [2.75, 3.05) is 33.3 Å². The van der Waals surface area contributed by atoms with Gasteiger partial charge in [0.05, 0.1) is 43.4 Å². The Morgan fingerprint density at radius 1 is 1.15 bits per heavy atom. The third-order valence-electron chi connectivity index (χ3n) is 9.37. The number of carbonyl (C=O) groups excluding carboxylic acids is 1. The maximum atomic E-state index is 13.2. The highest BCUT2D eigenvalue weighted by molar-refractivity contribution is 5.91. The summed E-state index contributed by atoms with van der Waals surface area (Å²) in [5.74, 6) is -0.678. The van der Waals surface area contributed by atoms with Crippen LogP contribution in [0, 0.1) is 5.41 Å². The van der Waals surface area contributed by atoms with Gasteiger partial charge in [-0.1, -0.05) is 0 Å². The Morgan fingerprint density at radius 3 is 2.52 bits per heavy atom. The second-order valence-corrected chi connectivity index (χ2v) is 13.5. The lowest BCUT2D eigenvalue weighted by Gasteiger charge is -2.49.